The first-order valence-corrected chi connectivity index (χ1v) is 11.4. The molecule has 1 amide bonds. The molecule has 0 aliphatic carbocycles. The molecule has 0 saturated heterocycles. The molecule has 0 heterocycles. The van der Waals surface area contributed by atoms with Crippen LogP contribution in [0.3, 0.4) is 0 Å². The van der Waals surface area contributed by atoms with Crippen LogP contribution in [0.2, 0.25) is 0 Å². The zero-order chi connectivity index (χ0) is 20.7. The summed E-state index contributed by atoms with van der Waals surface area (Å²) in [6.07, 6.45) is 14.9. The number of quaternary nitrogens is 1. The van der Waals surface area contributed by atoms with Crippen molar-refractivity contribution in [3.63, 3.8) is 0 Å². The van der Waals surface area contributed by atoms with E-state index in [4.69, 9.17) is 5.73 Å². The van der Waals surface area contributed by atoms with Crippen molar-refractivity contribution in [2.45, 2.75) is 77.6 Å². The predicted octanol–water partition coefficient (Wildman–Crippen LogP) is 2.39. The number of nitrogens with zero attached hydrogens (tertiary/aromatic N) is 1. The predicted molar refractivity (Wildman–Crippen MR) is 121 cm³/mol. The van der Waals surface area contributed by atoms with E-state index in [1.165, 1.54) is 70.8 Å². The van der Waals surface area contributed by atoms with E-state index in [1.807, 2.05) is 0 Å². The third kappa shape index (κ3) is 14.5. The van der Waals surface area contributed by atoms with E-state index >= 15 is 0 Å². The monoisotopic (exact) mass is 469 g/mol. The van der Waals surface area contributed by atoms with Crippen LogP contribution in [0.5, 0.6) is 0 Å². The maximum atomic E-state index is 12.1. The Morgan fingerprint density at radius 3 is 1.86 bits per heavy atom. The SMILES string of the molecule is CCCCCCCCCCCC[N+](C)(C)CCCNC(=O)c1ccc(N)cc1.[Br-]. The Hall–Kier alpha value is -1.07. The highest BCUT2D eigenvalue weighted by Crippen LogP contribution is 2.12. The molecule has 5 heteroatoms. The van der Waals surface area contributed by atoms with Crippen LogP contribution in [0.4, 0.5) is 5.69 Å². The van der Waals surface area contributed by atoms with Gasteiger partial charge in [-0.3, -0.25) is 4.79 Å². The highest BCUT2D eigenvalue weighted by Gasteiger charge is 2.14. The van der Waals surface area contributed by atoms with Crippen LogP contribution in [0.1, 0.15) is 87.9 Å². The van der Waals surface area contributed by atoms with Crippen LogP contribution in [0.25, 0.3) is 0 Å². The van der Waals surface area contributed by atoms with E-state index < -0.39 is 0 Å². The highest BCUT2D eigenvalue weighted by atomic mass is 79.9. The number of benzene rings is 1. The lowest BCUT2D eigenvalue weighted by atomic mass is 10.1. The first kappa shape index (κ1) is 27.9. The van der Waals surface area contributed by atoms with Crippen molar-refractivity contribution in [2.24, 2.45) is 0 Å². The summed E-state index contributed by atoms with van der Waals surface area (Å²) >= 11 is 0. The highest BCUT2D eigenvalue weighted by molar-refractivity contribution is 5.94. The lowest BCUT2D eigenvalue weighted by Gasteiger charge is -2.30. The van der Waals surface area contributed by atoms with Crippen LogP contribution < -0.4 is 28.0 Å². The molecule has 4 nitrogen and oxygen atoms in total. The average Bonchev–Trinajstić information content (AvgIpc) is 2.67. The Morgan fingerprint density at radius 1 is 0.828 bits per heavy atom. The van der Waals surface area contributed by atoms with Crippen molar-refractivity contribution in [1.82, 2.24) is 5.32 Å². The van der Waals surface area contributed by atoms with Crippen LogP contribution in [0, 0.1) is 0 Å². The molecular weight excluding hydrogens is 426 g/mol. The second-order valence-electron chi connectivity index (χ2n) is 8.80. The fourth-order valence-electron chi connectivity index (χ4n) is 3.58. The van der Waals surface area contributed by atoms with Crippen molar-refractivity contribution >= 4 is 11.6 Å². The normalized spacial score (nSPS) is 11.1. The standard InChI is InChI=1S/C24H43N3O.BrH/c1-4-5-6-7-8-9-10-11-12-13-20-27(2,3)21-14-19-26-24(28)22-15-17-23(25)18-16-22;/h15-18H,4-14,19-21H2,1-3H3,(H2-,25,26,28);1H. The van der Waals surface area contributed by atoms with E-state index in [2.05, 4.69) is 26.3 Å². The zero-order valence-corrected chi connectivity index (χ0v) is 20.6. The number of amides is 1. The van der Waals surface area contributed by atoms with Crippen LogP contribution in [0.15, 0.2) is 24.3 Å². The maximum absolute atomic E-state index is 12.1. The minimum absolute atomic E-state index is 0. The first-order chi connectivity index (χ1) is 13.4. The molecule has 0 aliphatic rings. The van der Waals surface area contributed by atoms with Crippen LogP contribution in [-0.2, 0) is 0 Å². The number of halogens is 1. The zero-order valence-electron chi connectivity index (χ0n) is 19.0. The van der Waals surface area contributed by atoms with Gasteiger partial charge in [-0.15, -0.1) is 0 Å². The fourth-order valence-corrected chi connectivity index (χ4v) is 3.58. The maximum Gasteiger partial charge on any atom is 0.251 e. The summed E-state index contributed by atoms with van der Waals surface area (Å²) in [6.45, 7) is 5.32. The number of anilines is 1. The molecule has 0 saturated carbocycles. The fraction of sp³-hybridized carbons (Fsp3) is 0.708. The molecule has 0 unspecified atom stereocenters. The molecule has 1 aromatic carbocycles. The van der Waals surface area contributed by atoms with Gasteiger partial charge in [0.05, 0.1) is 27.2 Å². The first-order valence-electron chi connectivity index (χ1n) is 11.4. The van der Waals surface area contributed by atoms with E-state index in [9.17, 15) is 4.79 Å². The largest absolute Gasteiger partial charge is 1.00 e. The van der Waals surface area contributed by atoms with Crippen molar-refractivity contribution < 1.29 is 26.3 Å². The molecule has 168 valence electrons. The summed E-state index contributed by atoms with van der Waals surface area (Å²) in [5.41, 5.74) is 7.02. The van der Waals surface area contributed by atoms with Gasteiger partial charge < -0.3 is 32.5 Å². The number of nitrogen functional groups attached to an aromatic ring is 1. The van der Waals surface area contributed by atoms with E-state index in [0.717, 1.165) is 24.0 Å². The number of nitrogens with one attached hydrogen (secondary N) is 1. The minimum atomic E-state index is -0.0139. The Balaban J connectivity index is 0.00000784. The molecule has 0 aliphatic heterocycles. The van der Waals surface area contributed by atoms with Gasteiger partial charge in [0.1, 0.15) is 0 Å². The van der Waals surface area contributed by atoms with Gasteiger partial charge in [0.2, 0.25) is 0 Å². The van der Waals surface area contributed by atoms with Crippen molar-refractivity contribution in [3.05, 3.63) is 29.8 Å². The summed E-state index contributed by atoms with van der Waals surface area (Å²) in [7, 11) is 4.60. The van der Waals surface area contributed by atoms with Gasteiger partial charge in [-0.25, -0.2) is 0 Å². The van der Waals surface area contributed by atoms with Gasteiger partial charge in [-0.1, -0.05) is 58.3 Å². The van der Waals surface area contributed by atoms with Crippen molar-refractivity contribution in [2.75, 3.05) is 39.5 Å². The number of hydrogen-bond acceptors (Lipinski definition) is 2. The van der Waals surface area contributed by atoms with Crippen molar-refractivity contribution in [1.29, 1.82) is 0 Å². The number of unbranched alkanes of at least 4 members (excludes halogenated alkanes) is 9. The molecular formula is C24H44BrN3O. The number of rotatable bonds is 16. The van der Waals surface area contributed by atoms with E-state index in [0.29, 0.717) is 11.3 Å². The summed E-state index contributed by atoms with van der Waals surface area (Å²) in [6, 6.07) is 7.08. The van der Waals surface area contributed by atoms with Crippen LogP contribution >= 0.6 is 0 Å². The molecule has 0 radical (unpaired) electrons. The quantitative estimate of drug-likeness (QED) is 0.222. The summed E-state index contributed by atoms with van der Waals surface area (Å²) in [5, 5.41) is 3.01. The average molecular weight is 471 g/mol. The molecule has 3 N–H and O–H groups in total. The molecule has 1 aromatic rings. The summed E-state index contributed by atoms with van der Waals surface area (Å²) in [4.78, 5) is 12.1. The number of carbonyl (C=O) groups excluding carboxylic acids is 1. The molecule has 0 fully saturated rings. The van der Waals surface area contributed by atoms with Gasteiger partial charge in [0.15, 0.2) is 0 Å². The van der Waals surface area contributed by atoms with E-state index in [1.54, 1.807) is 24.3 Å². The van der Waals surface area contributed by atoms with Gasteiger partial charge in [0, 0.05) is 24.2 Å². The topological polar surface area (TPSA) is 55.1 Å². The molecule has 0 aromatic heterocycles. The van der Waals surface area contributed by atoms with Gasteiger partial charge in [0.25, 0.3) is 5.91 Å². The second kappa shape index (κ2) is 16.7. The number of hydrogen-bond donors (Lipinski definition) is 2. The van der Waals surface area contributed by atoms with Crippen LogP contribution in [-0.4, -0.2) is 44.1 Å². The Bertz CT molecular complexity index is 531. The third-order valence-electron chi connectivity index (χ3n) is 5.52. The Kier molecular flexibility index (Phi) is 16.1. The molecule has 1 rings (SSSR count). The molecule has 29 heavy (non-hydrogen) atoms. The lowest BCUT2D eigenvalue weighted by molar-refractivity contribution is -0.890. The summed E-state index contributed by atoms with van der Waals surface area (Å²) < 4.78 is 1.04. The number of carbonyl (C=O) groups is 1. The second-order valence-corrected chi connectivity index (χ2v) is 8.80. The van der Waals surface area contributed by atoms with Gasteiger partial charge in [-0.05, 0) is 37.1 Å². The Morgan fingerprint density at radius 2 is 1.31 bits per heavy atom. The van der Waals surface area contributed by atoms with E-state index in [-0.39, 0.29) is 22.9 Å². The van der Waals surface area contributed by atoms with Gasteiger partial charge in [-0.2, -0.15) is 0 Å². The van der Waals surface area contributed by atoms with Gasteiger partial charge >= 0.3 is 0 Å². The smallest absolute Gasteiger partial charge is 0.251 e. The minimum Gasteiger partial charge on any atom is -1.00 e. The molecule has 0 atom stereocenters. The third-order valence-corrected chi connectivity index (χ3v) is 5.52. The number of nitrogens with two attached hydrogens (primary N) is 1. The van der Waals surface area contributed by atoms with Crippen molar-refractivity contribution in [3.8, 4) is 0 Å². The molecule has 0 spiro atoms. The lowest BCUT2D eigenvalue weighted by Crippen LogP contribution is -3.00. The summed E-state index contributed by atoms with van der Waals surface area (Å²) in [5.74, 6) is -0.0139. The molecule has 0 bridgehead atoms. The Labute approximate surface area is 190 Å².